The standard InChI is InChI=1S/C28H48N2OS.ClH/c1-2-3-4-5-6-7-8-9-10-11-12-13-14-15-16-20-23-29-27(31)26-24-32-28(30-26)25-21-18-17-19-22-25;/h17-19,21-22,26,28,30H,2-16,20,23-24H2,1H3,(H,29,31);1H. The Hall–Kier alpha value is -0.710. The van der Waals surface area contributed by atoms with Crippen molar-refractivity contribution in [2.24, 2.45) is 0 Å². The second-order valence-corrected chi connectivity index (χ2v) is 10.6. The fraction of sp³-hybridized carbons (Fsp3) is 0.750. The van der Waals surface area contributed by atoms with Gasteiger partial charge in [-0.1, -0.05) is 134 Å². The molecule has 0 radical (unpaired) electrons. The SMILES string of the molecule is CCCCCCCCCCCCCCCCCCNC(=O)C1CSC(c2ccccc2)N1.Cl. The molecule has 33 heavy (non-hydrogen) atoms. The molecular weight excluding hydrogens is 448 g/mol. The van der Waals surface area contributed by atoms with Crippen LogP contribution in [-0.4, -0.2) is 24.2 Å². The van der Waals surface area contributed by atoms with Crippen molar-refractivity contribution in [1.29, 1.82) is 0 Å². The number of nitrogens with one attached hydrogen (secondary N) is 2. The summed E-state index contributed by atoms with van der Waals surface area (Å²) < 4.78 is 0. The number of benzene rings is 1. The van der Waals surface area contributed by atoms with Gasteiger partial charge in [-0.2, -0.15) is 0 Å². The number of carbonyl (C=O) groups excluding carboxylic acids is 1. The lowest BCUT2D eigenvalue weighted by Gasteiger charge is -2.13. The number of halogens is 1. The maximum atomic E-state index is 12.4. The number of rotatable bonds is 19. The molecule has 5 heteroatoms. The van der Waals surface area contributed by atoms with E-state index in [9.17, 15) is 4.79 Å². The zero-order chi connectivity index (χ0) is 22.7. The Morgan fingerprint density at radius 1 is 0.818 bits per heavy atom. The van der Waals surface area contributed by atoms with Crippen LogP contribution in [0.1, 0.15) is 121 Å². The van der Waals surface area contributed by atoms with Crippen LogP contribution >= 0.6 is 24.2 Å². The van der Waals surface area contributed by atoms with Crippen molar-refractivity contribution in [3.8, 4) is 0 Å². The lowest BCUT2D eigenvalue weighted by Crippen LogP contribution is -2.42. The summed E-state index contributed by atoms with van der Waals surface area (Å²) in [4.78, 5) is 12.4. The van der Waals surface area contributed by atoms with Gasteiger partial charge in [0.2, 0.25) is 5.91 Å². The molecule has 2 N–H and O–H groups in total. The van der Waals surface area contributed by atoms with Crippen molar-refractivity contribution in [1.82, 2.24) is 10.6 Å². The van der Waals surface area contributed by atoms with E-state index in [2.05, 4.69) is 41.8 Å². The maximum absolute atomic E-state index is 12.4. The van der Waals surface area contributed by atoms with Gasteiger partial charge in [-0.05, 0) is 12.0 Å². The highest BCUT2D eigenvalue weighted by Crippen LogP contribution is 2.32. The van der Waals surface area contributed by atoms with Crippen LogP contribution in [0.3, 0.4) is 0 Å². The van der Waals surface area contributed by atoms with Crippen LogP contribution in [0.4, 0.5) is 0 Å². The molecular formula is C28H49ClN2OS. The van der Waals surface area contributed by atoms with Crippen LogP contribution in [0.5, 0.6) is 0 Å². The third kappa shape index (κ3) is 14.3. The molecule has 1 heterocycles. The Bertz CT molecular complexity index is 587. The first-order valence-electron chi connectivity index (χ1n) is 13.5. The molecule has 190 valence electrons. The second-order valence-electron chi connectivity index (χ2n) is 9.44. The third-order valence-electron chi connectivity index (χ3n) is 6.53. The average Bonchev–Trinajstić information content (AvgIpc) is 3.32. The fourth-order valence-electron chi connectivity index (χ4n) is 4.45. The number of thioether (sulfide) groups is 1. The lowest BCUT2D eigenvalue weighted by molar-refractivity contribution is -0.122. The molecule has 3 nitrogen and oxygen atoms in total. The highest BCUT2D eigenvalue weighted by molar-refractivity contribution is 7.99. The summed E-state index contributed by atoms with van der Waals surface area (Å²) in [6.07, 6.45) is 22.1. The predicted molar refractivity (Wildman–Crippen MR) is 148 cm³/mol. The largest absolute Gasteiger partial charge is 0.355 e. The summed E-state index contributed by atoms with van der Waals surface area (Å²) in [7, 11) is 0. The van der Waals surface area contributed by atoms with Crippen LogP contribution in [0.2, 0.25) is 0 Å². The van der Waals surface area contributed by atoms with E-state index >= 15 is 0 Å². The molecule has 1 aromatic rings. The number of unbranched alkanes of at least 4 members (excludes halogenated alkanes) is 15. The minimum absolute atomic E-state index is 0. The van der Waals surface area contributed by atoms with Crippen LogP contribution in [0, 0.1) is 0 Å². The van der Waals surface area contributed by atoms with Crippen LogP contribution in [0.25, 0.3) is 0 Å². The van der Waals surface area contributed by atoms with Crippen molar-refractivity contribution in [2.45, 2.75) is 121 Å². The van der Waals surface area contributed by atoms with Crippen molar-refractivity contribution in [2.75, 3.05) is 12.3 Å². The van der Waals surface area contributed by atoms with Crippen molar-refractivity contribution in [3.05, 3.63) is 35.9 Å². The van der Waals surface area contributed by atoms with E-state index in [0.717, 1.165) is 18.7 Å². The molecule has 2 rings (SSSR count). The van der Waals surface area contributed by atoms with Gasteiger partial charge in [-0.25, -0.2) is 0 Å². The van der Waals surface area contributed by atoms with Gasteiger partial charge in [0, 0.05) is 12.3 Å². The molecule has 1 aliphatic rings. The van der Waals surface area contributed by atoms with E-state index in [0.29, 0.717) is 0 Å². The highest BCUT2D eigenvalue weighted by atomic mass is 35.5. The van der Waals surface area contributed by atoms with E-state index in [1.807, 2.05) is 17.8 Å². The minimum Gasteiger partial charge on any atom is -0.355 e. The van der Waals surface area contributed by atoms with Crippen molar-refractivity contribution < 1.29 is 4.79 Å². The molecule has 0 spiro atoms. The summed E-state index contributed by atoms with van der Waals surface area (Å²) in [6, 6.07) is 10.3. The van der Waals surface area contributed by atoms with Gasteiger partial charge in [-0.3, -0.25) is 10.1 Å². The fourth-order valence-corrected chi connectivity index (χ4v) is 5.69. The normalized spacial score (nSPS) is 17.6. The molecule has 0 aromatic heterocycles. The van der Waals surface area contributed by atoms with E-state index < -0.39 is 0 Å². The van der Waals surface area contributed by atoms with E-state index in [1.165, 1.54) is 102 Å². The topological polar surface area (TPSA) is 41.1 Å². The van der Waals surface area contributed by atoms with Gasteiger partial charge >= 0.3 is 0 Å². The predicted octanol–water partition coefficient (Wildman–Crippen LogP) is 8.19. The molecule has 2 unspecified atom stereocenters. The molecule has 2 atom stereocenters. The van der Waals surface area contributed by atoms with Crippen molar-refractivity contribution in [3.63, 3.8) is 0 Å². The molecule has 1 fully saturated rings. The van der Waals surface area contributed by atoms with Gasteiger partial charge in [-0.15, -0.1) is 24.2 Å². The maximum Gasteiger partial charge on any atom is 0.238 e. The monoisotopic (exact) mass is 496 g/mol. The zero-order valence-corrected chi connectivity index (χ0v) is 22.6. The number of hydrogen-bond acceptors (Lipinski definition) is 3. The summed E-state index contributed by atoms with van der Waals surface area (Å²) >= 11 is 1.83. The molecule has 0 aliphatic carbocycles. The quantitative estimate of drug-likeness (QED) is 0.190. The zero-order valence-electron chi connectivity index (χ0n) is 21.0. The van der Waals surface area contributed by atoms with Gasteiger partial charge in [0.05, 0.1) is 11.4 Å². The second kappa shape index (κ2) is 20.6. The number of amides is 1. The molecule has 1 saturated heterocycles. The molecule has 1 amide bonds. The van der Waals surface area contributed by atoms with Gasteiger partial charge < -0.3 is 5.32 Å². The third-order valence-corrected chi connectivity index (χ3v) is 7.80. The highest BCUT2D eigenvalue weighted by Gasteiger charge is 2.30. The van der Waals surface area contributed by atoms with Gasteiger partial charge in [0.25, 0.3) is 0 Å². The van der Waals surface area contributed by atoms with Crippen LogP contribution < -0.4 is 10.6 Å². The number of hydrogen-bond donors (Lipinski definition) is 2. The Morgan fingerprint density at radius 2 is 1.30 bits per heavy atom. The average molecular weight is 497 g/mol. The smallest absolute Gasteiger partial charge is 0.238 e. The number of carbonyl (C=O) groups is 1. The lowest BCUT2D eigenvalue weighted by atomic mass is 10.0. The molecule has 1 aliphatic heterocycles. The van der Waals surface area contributed by atoms with E-state index in [-0.39, 0.29) is 29.7 Å². The first-order valence-corrected chi connectivity index (χ1v) is 14.6. The Morgan fingerprint density at radius 3 is 1.82 bits per heavy atom. The van der Waals surface area contributed by atoms with Gasteiger partial charge in [0.1, 0.15) is 0 Å². The van der Waals surface area contributed by atoms with Crippen LogP contribution in [-0.2, 0) is 4.79 Å². The summed E-state index contributed by atoms with van der Waals surface area (Å²) in [6.45, 7) is 3.10. The van der Waals surface area contributed by atoms with Crippen molar-refractivity contribution >= 4 is 30.1 Å². The Labute approximate surface area is 214 Å². The molecule has 1 aromatic carbocycles. The van der Waals surface area contributed by atoms with E-state index in [4.69, 9.17) is 0 Å². The van der Waals surface area contributed by atoms with E-state index in [1.54, 1.807) is 0 Å². The molecule has 0 bridgehead atoms. The van der Waals surface area contributed by atoms with Crippen LogP contribution in [0.15, 0.2) is 30.3 Å². The molecule has 0 saturated carbocycles. The van der Waals surface area contributed by atoms with Gasteiger partial charge in [0.15, 0.2) is 0 Å². The Balaban J connectivity index is 0.00000544. The minimum atomic E-state index is -0.0636. The first kappa shape index (κ1) is 30.3. The Kier molecular flexibility index (Phi) is 19.0. The summed E-state index contributed by atoms with van der Waals surface area (Å²) in [5, 5.41) is 6.83. The summed E-state index contributed by atoms with van der Waals surface area (Å²) in [5.74, 6) is 1.02. The summed E-state index contributed by atoms with van der Waals surface area (Å²) in [5.41, 5.74) is 1.26. The first-order chi connectivity index (χ1) is 15.8.